The number of piperazine rings is 1. The summed E-state index contributed by atoms with van der Waals surface area (Å²) < 4.78 is 0. The summed E-state index contributed by atoms with van der Waals surface area (Å²) in [5.74, 6) is 0. The molecule has 1 saturated heterocycles. The third kappa shape index (κ3) is 5.70. The van der Waals surface area contributed by atoms with Crippen LogP contribution in [0.25, 0.3) is 0 Å². The Bertz CT molecular complexity index is 577. The number of benzene rings is 2. The van der Waals surface area contributed by atoms with Gasteiger partial charge in [0.25, 0.3) is 0 Å². The van der Waals surface area contributed by atoms with Crippen LogP contribution in [-0.2, 0) is 5.60 Å². The molecule has 3 nitrogen and oxygen atoms in total. The SMILES string of the molecule is CN1CCN(CCCC(O)(c2ccccc2)c2ccccc2)CC1.Cl.Cl. The minimum Gasteiger partial charge on any atom is -0.380 e. The number of hydrogen-bond donors (Lipinski definition) is 1. The van der Waals surface area contributed by atoms with Gasteiger partial charge < -0.3 is 14.9 Å². The zero-order chi connectivity index (χ0) is 16.8. The summed E-state index contributed by atoms with van der Waals surface area (Å²) in [6, 6.07) is 20.1. The van der Waals surface area contributed by atoms with Crippen molar-refractivity contribution in [2.45, 2.75) is 18.4 Å². The van der Waals surface area contributed by atoms with Crippen molar-refractivity contribution in [2.75, 3.05) is 39.8 Å². The van der Waals surface area contributed by atoms with Gasteiger partial charge in [0.15, 0.2) is 0 Å². The van der Waals surface area contributed by atoms with Crippen LogP contribution in [0.15, 0.2) is 60.7 Å². The molecule has 2 aromatic rings. The molecular formula is C21H30Cl2N2O. The van der Waals surface area contributed by atoms with Gasteiger partial charge in [-0.3, -0.25) is 0 Å². The summed E-state index contributed by atoms with van der Waals surface area (Å²) >= 11 is 0. The molecule has 0 aromatic heterocycles. The minimum atomic E-state index is -0.908. The third-order valence-electron chi connectivity index (χ3n) is 5.11. The van der Waals surface area contributed by atoms with Gasteiger partial charge in [-0.05, 0) is 37.6 Å². The van der Waals surface area contributed by atoms with Crippen LogP contribution in [0.1, 0.15) is 24.0 Å². The Labute approximate surface area is 169 Å². The first-order valence-corrected chi connectivity index (χ1v) is 8.93. The van der Waals surface area contributed by atoms with Crippen LogP contribution in [0.4, 0.5) is 0 Å². The number of hydrogen-bond acceptors (Lipinski definition) is 3. The Balaban J connectivity index is 0.00000169. The molecule has 1 N–H and O–H groups in total. The molecule has 0 aliphatic carbocycles. The fraction of sp³-hybridized carbons (Fsp3) is 0.429. The Morgan fingerprint density at radius 1 is 0.808 bits per heavy atom. The second kappa shape index (κ2) is 10.9. The number of likely N-dealkylation sites (N-methyl/N-ethyl adjacent to an activating group) is 1. The van der Waals surface area contributed by atoms with E-state index in [9.17, 15) is 5.11 Å². The molecule has 26 heavy (non-hydrogen) atoms. The average molecular weight is 397 g/mol. The summed E-state index contributed by atoms with van der Waals surface area (Å²) in [5.41, 5.74) is 1.05. The molecule has 0 amide bonds. The molecule has 5 heteroatoms. The van der Waals surface area contributed by atoms with Gasteiger partial charge in [-0.2, -0.15) is 0 Å². The van der Waals surface area contributed by atoms with Gasteiger partial charge in [0.1, 0.15) is 5.60 Å². The Morgan fingerprint density at radius 2 is 1.27 bits per heavy atom. The van der Waals surface area contributed by atoms with Crippen LogP contribution in [0.5, 0.6) is 0 Å². The monoisotopic (exact) mass is 396 g/mol. The van der Waals surface area contributed by atoms with Crippen molar-refractivity contribution in [3.8, 4) is 0 Å². The van der Waals surface area contributed by atoms with Crippen molar-refractivity contribution in [1.29, 1.82) is 0 Å². The van der Waals surface area contributed by atoms with E-state index in [1.165, 1.54) is 0 Å². The average Bonchev–Trinajstić information content (AvgIpc) is 2.65. The summed E-state index contributed by atoms with van der Waals surface area (Å²) in [4.78, 5) is 4.89. The third-order valence-corrected chi connectivity index (χ3v) is 5.11. The fourth-order valence-corrected chi connectivity index (χ4v) is 3.51. The topological polar surface area (TPSA) is 26.7 Å². The molecule has 3 rings (SSSR count). The Kier molecular flexibility index (Phi) is 9.62. The van der Waals surface area contributed by atoms with Gasteiger partial charge in [0, 0.05) is 26.2 Å². The van der Waals surface area contributed by atoms with Crippen molar-refractivity contribution in [1.82, 2.24) is 9.80 Å². The predicted octanol–water partition coefficient (Wildman–Crippen LogP) is 3.79. The Morgan fingerprint density at radius 3 is 1.73 bits per heavy atom. The number of rotatable bonds is 6. The number of nitrogens with zero attached hydrogens (tertiary/aromatic N) is 2. The van der Waals surface area contributed by atoms with Crippen molar-refractivity contribution >= 4 is 24.8 Å². The summed E-state index contributed by atoms with van der Waals surface area (Å²) in [6.45, 7) is 5.59. The van der Waals surface area contributed by atoms with Gasteiger partial charge in [-0.15, -0.1) is 24.8 Å². The Hall–Kier alpha value is -1.10. The second-order valence-corrected chi connectivity index (χ2v) is 6.84. The highest BCUT2D eigenvalue weighted by Crippen LogP contribution is 2.34. The molecule has 1 aliphatic heterocycles. The highest BCUT2D eigenvalue weighted by molar-refractivity contribution is 5.85. The molecule has 0 bridgehead atoms. The molecule has 0 atom stereocenters. The first-order valence-electron chi connectivity index (χ1n) is 8.93. The summed E-state index contributed by atoms with van der Waals surface area (Å²) in [6.07, 6.45) is 1.73. The first-order chi connectivity index (χ1) is 11.7. The lowest BCUT2D eigenvalue weighted by atomic mass is 9.82. The molecule has 2 aromatic carbocycles. The van der Waals surface area contributed by atoms with E-state index in [-0.39, 0.29) is 24.8 Å². The van der Waals surface area contributed by atoms with Crippen LogP contribution in [0, 0.1) is 0 Å². The zero-order valence-electron chi connectivity index (χ0n) is 15.4. The lowest BCUT2D eigenvalue weighted by molar-refractivity contribution is 0.0617. The van der Waals surface area contributed by atoms with Crippen LogP contribution in [0.3, 0.4) is 0 Å². The smallest absolute Gasteiger partial charge is 0.115 e. The molecule has 0 saturated carbocycles. The highest BCUT2D eigenvalue weighted by atomic mass is 35.5. The van der Waals surface area contributed by atoms with E-state index in [0.29, 0.717) is 0 Å². The predicted molar refractivity (Wildman–Crippen MR) is 114 cm³/mol. The summed E-state index contributed by atoms with van der Waals surface area (Å²) in [7, 11) is 2.18. The maximum Gasteiger partial charge on any atom is 0.115 e. The normalized spacial score (nSPS) is 15.8. The highest BCUT2D eigenvalue weighted by Gasteiger charge is 2.31. The van der Waals surface area contributed by atoms with E-state index >= 15 is 0 Å². The van der Waals surface area contributed by atoms with E-state index < -0.39 is 5.60 Å². The lowest BCUT2D eigenvalue weighted by Gasteiger charge is -2.34. The van der Waals surface area contributed by atoms with Crippen molar-refractivity contribution in [3.63, 3.8) is 0 Å². The molecule has 1 heterocycles. The largest absolute Gasteiger partial charge is 0.380 e. The van der Waals surface area contributed by atoms with Crippen molar-refractivity contribution in [3.05, 3.63) is 71.8 Å². The van der Waals surface area contributed by atoms with Gasteiger partial charge in [-0.1, -0.05) is 60.7 Å². The maximum absolute atomic E-state index is 11.5. The fourth-order valence-electron chi connectivity index (χ4n) is 3.51. The molecule has 1 fully saturated rings. The maximum atomic E-state index is 11.5. The van der Waals surface area contributed by atoms with E-state index in [4.69, 9.17) is 0 Å². The zero-order valence-corrected chi connectivity index (χ0v) is 17.0. The number of aliphatic hydroxyl groups is 1. The molecule has 1 aliphatic rings. The van der Waals surface area contributed by atoms with Crippen LogP contribution < -0.4 is 0 Å². The molecule has 0 radical (unpaired) electrons. The van der Waals surface area contributed by atoms with Crippen molar-refractivity contribution < 1.29 is 5.11 Å². The van der Waals surface area contributed by atoms with E-state index in [1.54, 1.807) is 0 Å². The van der Waals surface area contributed by atoms with Crippen LogP contribution >= 0.6 is 24.8 Å². The van der Waals surface area contributed by atoms with Gasteiger partial charge >= 0.3 is 0 Å². The number of halogens is 2. The van der Waals surface area contributed by atoms with Crippen LogP contribution in [0.2, 0.25) is 0 Å². The summed E-state index contributed by atoms with van der Waals surface area (Å²) in [5, 5.41) is 11.5. The first kappa shape index (κ1) is 22.9. The molecule has 144 valence electrons. The molecular weight excluding hydrogens is 367 g/mol. The van der Waals surface area contributed by atoms with Crippen molar-refractivity contribution in [2.24, 2.45) is 0 Å². The van der Waals surface area contributed by atoms with E-state index in [2.05, 4.69) is 16.8 Å². The standard InChI is InChI=1S/C21H28N2O.2ClH/c1-22-15-17-23(18-16-22)14-8-13-21(24,19-9-4-2-5-10-19)20-11-6-3-7-12-20;;/h2-7,9-12,24H,8,13-18H2,1H3;2*1H. The van der Waals surface area contributed by atoms with E-state index in [1.807, 2.05) is 60.7 Å². The molecule has 0 spiro atoms. The lowest BCUT2D eigenvalue weighted by Crippen LogP contribution is -2.45. The minimum absolute atomic E-state index is 0. The molecule has 0 unspecified atom stereocenters. The van der Waals surface area contributed by atoms with Gasteiger partial charge in [0.05, 0.1) is 0 Å². The quantitative estimate of drug-likeness (QED) is 0.804. The second-order valence-electron chi connectivity index (χ2n) is 6.84. The van der Waals surface area contributed by atoms with E-state index in [0.717, 1.165) is 56.7 Å². The van der Waals surface area contributed by atoms with Gasteiger partial charge in [0.2, 0.25) is 0 Å². The van der Waals surface area contributed by atoms with Gasteiger partial charge in [-0.25, -0.2) is 0 Å². The van der Waals surface area contributed by atoms with Crippen LogP contribution in [-0.4, -0.2) is 54.7 Å².